The summed E-state index contributed by atoms with van der Waals surface area (Å²) in [6.45, 7) is 3.95. The van der Waals surface area contributed by atoms with Gasteiger partial charge in [-0.25, -0.2) is 0 Å². The van der Waals surface area contributed by atoms with E-state index in [1.54, 1.807) is 6.20 Å². The summed E-state index contributed by atoms with van der Waals surface area (Å²) in [6, 6.07) is 0. The van der Waals surface area contributed by atoms with E-state index in [4.69, 9.17) is 10.3 Å². The molecule has 0 unspecified atom stereocenters. The molecule has 0 saturated heterocycles. The summed E-state index contributed by atoms with van der Waals surface area (Å²) in [5, 5.41) is 10.5. The first kappa shape index (κ1) is 8.80. The third-order valence-corrected chi connectivity index (χ3v) is 2.25. The number of nitrogens with one attached hydrogen (secondary N) is 1. The van der Waals surface area contributed by atoms with Crippen LogP contribution in [0.4, 0.5) is 5.82 Å². The molecule has 2 aromatic heterocycles. The Morgan fingerprint density at radius 1 is 1.57 bits per heavy atom. The summed E-state index contributed by atoms with van der Waals surface area (Å²) >= 11 is 0. The van der Waals surface area contributed by atoms with Crippen molar-refractivity contribution in [1.82, 2.24) is 15.4 Å². The van der Waals surface area contributed by atoms with Gasteiger partial charge in [-0.3, -0.25) is 5.10 Å². The molecule has 14 heavy (non-hydrogen) atoms. The largest absolute Gasteiger partial charge is 0.381 e. The molecule has 0 aromatic carbocycles. The van der Waals surface area contributed by atoms with Gasteiger partial charge in [0.2, 0.25) is 0 Å². The molecule has 0 spiro atoms. The van der Waals surface area contributed by atoms with Crippen LogP contribution >= 0.6 is 0 Å². The Morgan fingerprint density at radius 2 is 2.36 bits per heavy atom. The van der Waals surface area contributed by atoms with Gasteiger partial charge in [0.15, 0.2) is 11.6 Å². The zero-order valence-electron chi connectivity index (χ0n) is 8.16. The molecular formula is C9H12N4O. The van der Waals surface area contributed by atoms with E-state index in [2.05, 4.69) is 15.4 Å². The number of aryl methyl sites for hydroxylation is 1. The normalized spacial score (nSPS) is 10.7. The van der Waals surface area contributed by atoms with Gasteiger partial charge in [0.25, 0.3) is 0 Å². The zero-order valence-corrected chi connectivity index (χ0v) is 8.16. The van der Waals surface area contributed by atoms with Gasteiger partial charge in [0.05, 0.1) is 11.8 Å². The van der Waals surface area contributed by atoms with E-state index in [1.165, 1.54) is 0 Å². The van der Waals surface area contributed by atoms with Crippen LogP contribution in [0.5, 0.6) is 0 Å². The number of hydrogen-bond donors (Lipinski definition) is 2. The van der Waals surface area contributed by atoms with E-state index < -0.39 is 0 Å². The highest BCUT2D eigenvalue weighted by Crippen LogP contribution is 2.29. The lowest BCUT2D eigenvalue weighted by atomic mass is 10.1. The van der Waals surface area contributed by atoms with E-state index in [0.29, 0.717) is 5.82 Å². The Morgan fingerprint density at radius 3 is 2.93 bits per heavy atom. The van der Waals surface area contributed by atoms with Gasteiger partial charge in [-0.05, 0) is 13.3 Å². The highest BCUT2D eigenvalue weighted by Gasteiger charge is 2.16. The summed E-state index contributed by atoms with van der Waals surface area (Å²) in [6.07, 6.45) is 2.52. The van der Waals surface area contributed by atoms with Crippen molar-refractivity contribution in [2.45, 2.75) is 20.3 Å². The van der Waals surface area contributed by atoms with Gasteiger partial charge in [0, 0.05) is 11.3 Å². The lowest BCUT2D eigenvalue weighted by Gasteiger charge is -1.96. The summed E-state index contributed by atoms with van der Waals surface area (Å²) in [5.41, 5.74) is 8.49. The van der Waals surface area contributed by atoms with Crippen molar-refractivity contribution in [3.63, 3.8) is 0 Å². The van der Waals surface area contributed by atoms with Crippen LogP contribution in [0.25, 0.3) is 11.3 Å². The van der Waals surface area contributed by atoms with Gasteiger partial charge in [-0.2, -0.15) is 5.10 Å². The number of nitrogen functional groups attached to an aromatic ring is 1. The smallest absolute Gasteiger partial charge is 0.175 e. The van der Waals surface area contributed by atoms with Gasteiger partial charge in [0.1, 0.15) is 0 Å². The molecule has 2 aromatic rings. The maximum Gasteiger partial charge on any atom is 0.175 e. The van der Waals surface area contributed by atoms with Crippen LogP contribution in [0.15, 0.2) is 10.7 Å². The van der Waals surface area contributed by atoms with Crippen molar-refractivity contribution in [1.29, 1.82) is 0 Å². The number of aromatic amines is 1. The average molecular weight is 192 g/mol. The highest BCUT2D eigenvalue weighted by atomic mass is 16.5. The molecule has 5 heteroatoms. The van der Waals surface area contributed by atoms with E-state index in [9.17, 15) is 0 Å². The molecule has 5 nitrogen and oxygen atoms in total. The molecule has 0 radical (unpaired) electrons. The molecule has 0 fully saturated rings. The maximum absolute atomic E-state index is 5.67. The molecule has 74 valence electrons. The third-order valence-electron chi connectivity index (χ3n) is 2.25. The Bertz CT molecular complexity index is 443. The number of aromatic nitrogens is 3. The molecule has 2 rings (SSSR count). The monoisotopic (exact) mass is 192 g/mol. The molecule has 0 aliphatic carbocycles. The molecular weight excluding hydrogens is 180 g/mol. The number of hydrogen-bond acceptors (Lipinski definition) is 4. The first-order valence-electron chi connectivity index (χ1n) is 4.48. The fourth-order valence-electron chi connectivity index (χ4n) is 1.45. The summed E-state index contributed by atoms with van der Waals surface area (Å²) < 4.78 is 5.18. The lowest BCUT2D eigenvalue weighted by molar-refractivity contribution is 0.435. The first-order chi connectivity index (χ1) is 6.74. The van der Waals surface area contributed by atoms with Crippen LogP contribution in [0.1, 0.15) is 18.2 Å². The molecule has 3 N–H and O–H groups in total. The molecule has 0 aliphatic heterocycles. The van der Waals surface area contributed by atoms with Gasteiger partial charge in [-0.1, -0.05) is 12.1 Å². The Hall–Kier alpha value is -1.78. The minimum atomic E-state index is 0.461. The van der Waals surface area contributed by atoms with Crippen LogP contribution in [0, 0.1) is 6.92 Å². The van der Waals surface area contributed by atoms with Crippen molar-refractivity contribution in [3.8, 4) is 11.3 Å². The van der Waals surface area contributed by atoms with Crippen molar-refractivity contribution in [3.05, 3.63) is 17.5 Å². The first-order valence-corrected chi connectivity index (χ1v) is 4.48. The number of nitrogens with two attached hydrogens (primary N) is 1. The standard InChI is InChI=1S/C9H12N4O/c1-3-6-8(14-13-9(6)10)7-4-11-12-5(7)2/h4H,3H2,1-2H3,(H2,10,13)(H,11,12). The summed E-state index contributed by atoms with van der Waals surface area (Å²) in [7, 11) is 0. The SMILES string of the molecule is CCc1c(N)noc1-c1cn[nH]c1C. The van der Waals surface area contributed by atoms with Gasteiger partial charge in [-0.15, -0.1) is 0 Å². The number of anilines is 1. The molecule has 0 amide bonds. The Kier molecular flexibility index (Phi) is 1.99. The predicted octanol–water partition coefficient (Wildman–Crippen LogP) is 1.52. The highest BCUT2D eigenvalue weighted by molar-refractivity contribution is 5.67. The lowest BCUT2D eigenvalue weighted by Crippen LogP contribution is -1.90. The summed E-state index contributed by atoms with van der Waals surface area (Å²) in [5.74, 6) is 1.18. The number of H-pyrrole nitrogens is 1. The molecule has 2 heterocycles. The van der Waals surface area contributed by atoms with Crippen molar-refractivity contribution < 1.29 is 4.52 Å². The van der Waals surface area contributed by atoms with Crippen molar-refractivity contribution >= 4 is 5.82 Å². The Labute approximate surface area is 81.3 Å². The second-order valence-corrected chi connectivity index (χ2v) is 3.14. The third kappa shape index (κ3) is 1.17. The second-order valence-electron chi connectivity index (χ2n) is 3.14. The summed E-state index contributed by atoms with van der Waals surface area (Å²) in [4.78, 5) is 0. The minimum absolute atomic E-state index is 0.461. The van der Waals surface area contributed by atoms with Crippen LogP contribution in [0.2, 0.25) is 0 Å². The predicted molar refractivity (Wildman–Crippen MR) is 52.6 cm³/mol. The molecule has 0 atom stereocenters. The van der Waals surface area contributed by atoms with Crippen molar-refractivity contribution in [2.75, 3.05) is 5.73 Å². The molecule has 0 aliphatic rings. The van der Waals surface area contributed by atoms with E-state index in [-0.39, 0.29) is 0 Å². The van der Waals surface area contributed by atoms with Gasteiger partial charge >= 0.3 is 0 Å². The van der Waals surface area contributed by atoms with E-state index in [0.717, 1.165) is 29.0 Å². The Balaban J connectivity index is 2.57. The maximum atomic E-state index is 5.67. The average Bonchev–Trinajstić information content (AvgIpc) is 2.71. The van der Waals surface area contributed by atoms with E-state index in [1.807, 2.05) is 13.8 Å². The van der Waals surface area contributed by atoms with E-state index >= 15 is 0 Å². The van der Waals surface area contributed by atoms with Gasteiger partial charge < -0.3 is 10.3 Å². The van der Waals surface area contributed by atoms with Crippen LogP contribution in [-0.2, 0) is 6.42 Å². The number of nitrogens with zero attached hydrogens (tertiary/aromatic N) is 2. The fourth-order valence-corrected chi connectivity index (χ4v) is 1.45. The van der Waals surface area contributed by atoms with Crippen LogP contribution in [0.3, 0.4) is 0 Å². The van der Waals surface area contributed by atoms with Crippen LogP contribution < -0.4 is 5.73 Å². The fraction of sp³-hybridized carbons (Fsp3) is 0.333. The molecule has 0 saturated carbocycles. The van der Waals surface area contributed by atoms with Crippen LogP contribution in [-0.4, -0.2) is 15.4 Å². The quantitative estimate of drug-likeness (QED) is 0.755. The zero-order chi connectivity index (χ0) is 10.1. The second kappa shape index (κ2) is 3.17. The number of rotatable bonds is 2. The van der Waals surface area contributed by atoms with Crippen molar-refractivity contribution in [2.24, 2.45) is 0 Å². The molecule has 0 bridgehead atoms. The minimum Gasteiger partial charge on any atom is -0.381 e. The topological polar surface area (TPSA) is 80.7 Å².